The van der Waals surface area contributed by atoms with E-state index in [1.54, 1.807) is 0 Å². The second kappa shape index (κ2) is 7.73. The fourth-order valence-electron chi connectivity index (χ4n) is 0.997. The van der Waals surface area contributed by atoms with E-state index < -0.39 is 0 Å². The zero-order chi connectivity index (χ0) is 8.53. The molecule has 2 N–H and O–H groups in total. The molecule has 0 aromatic rings. The van der Waals surface area contributed by atoms with Crippen molar-refractivity contribution in [3.8, 4) is 0 Å². The normalized spacial score (nSPS) is 10.0. The lowest BCUT2D eigenvalue weighted by molar-refractivity contribution is -0.118. The Hall–Kier alpha value is -0.370. The van der Waals surface area contributed by atoms with Crippen molar-refractivity contribution in [1.29, 1.82) is 0 Å². The van der Waals surface area contributed by atoms with E-state index in [9.17, 15) is 4.79 Å². The van der Waals surface area contributed by atoms with Crippen molar-refractivity contribution in [1.82, 2.24) is 0 Å². The Labute approximate surface area is 69.2 Å². The van der Waals surface area contributed by atoms with Gasteiger partial charge in [-0.1, -0.05) is 19.8 Å². The average molecular weight is 157 g/mol. The fourth-order valence-corrected chi connectivity index (χ4v) is 0.997. The second-order valence-electron chi connectivity index (χ2n) is 2.85. The number of hydrogen-bond donors (Lipinski definition) is 1. The number of carbonyl (C=O) groups is 1. The van der Waals surface area contributed by atoms with E-state index >= 15 is 0 Å². The van der Waals surface area contributed by atoms with E-state index in [2.05, 4.69) is 0 Å². The van der Waals surface area contributed by atoms with Crippen molar-refractivity contribution < 1.29 is 4.79 Å². The minimum atomic E-state index is 0.387. The molecule has 0 aliphatic carbocycles. The van der Waals surface area contributed by atoms with Gasteiger partial charge in [0.2, 0.25) is 0 Å². The molecule has 0 unspecified atom stereocenters. The van der Waals surface area contributed by atoms with Crippen molar-refractivity contribution in [2.24, 2.45) is 5.73 Å². The van der Waals surface area contributed by atoms with E-state index in [-0.39, 0.29) is 0 Å². The number of unbranched alkanes of at least 4 members (excludes halogenated alkanes) is 3. The summed E-state index contributed by atoms with van der Waals surface area (Å²) in [4.78, 5) is 10.8. The highest BCUT2D eigenvalue weighted by molar-refractivity contribution is 5.77. The zero-order valence-corrected chi connectivity index (χ0v) is 7.44. The van der Waals surface area contributed by atoms with E-state index in [1.807, 2.05) is 6.92 Å². The summed E-state index contributed by atoms with van der Waals surface area (Å²) < 4.78 is 0. The summed E-state index contributed by atoms with van der Waals surface area (Å²) in [5, 5.41) is 0. The van der Waals surface area contributed by atoms with Crippen LogP contribution in [0.1, 0.15) is 45.4 Å². The maximum atomic E-state index is 10.8. The van der Waals surface area contributed by atoms with E-state index in [0.29, 0.717) is 12.2 Å². The summed E-state index contributed by atoms with van der Waals surface area (Å²) in [6.45, 7) is 2.70. The molecule has 11 heavy (non-hydrogen) atoms. The Bertz CT molecular complexity index is 102. The number of Topliss-reactive ketones (excluding diaryl/α,β-unsaturated/α-hetero) is 1. The van der Waals surface area contributed by atoms with Gasteiger partial charge in [-0.15, -0.1) is 0 Å². The van der Waals surface area contributed by atoms with Crippen LogP contribution in [0.4, 0.5) is 0 Å². The number of rotatable bonds is 7. The Kier molecular flexibility index (Phi) is 7.47. The maximum absolute atomic E-state index is 10.8. The third-order valence-corrected chi connectivity index (χ3v) is 1.80. The van der Waals surface area contributed by atoms with Crippen LogP contribution in [0, 0.1) is 0 Å². The lowest BCUT2D eigenvalue weighted by Gasteiger charge is -1.97. The summed E-state index contributed by atoms with van der Waals surface area (Å²) in [7, 11) is 0. The largest absolute Gasteiger partial charge is 0.330 e. The minimum absolute atomic E-state index is 0.387. The van der Waals surface area contributed by atoms with Crippen LogP contribution in [0.15, 0.2) is 0 Å². The summed E-state index contributed by atoms with van der Waals surface area (Å²) in [6.07, 6.45) is 5.93. The van der Waals surface area contributed by atoms with Gasteiger partial charge in [-0.25, -0.2) is 0 Å². The molecule has 0 saturated heterocycles. The molecule has 0 aliphatic heterocycles. The molecule has 0 amide bonds. The van der Waals surface area contributed by atoms with Crippen LogP contribution in [0.5, 0.6) is 0 Å². The lowest BCUT2D eigenvalue weighted by atomic mass is 10.1. The van der Waals surface area contributed by atoms with Crippen LogP contribution >= 0.6 is 0 Å². The highest BCUT2D eigenvalue weighted by Gasteiger charge is 1.96. The standard InChI is InChI=1S/C9H19NO/c1-2-9(11)7-5-3-4-6-8-10/h2-8,10H2,1H3. The van der Waals surface area contributed by atoms with Crippen molar-refractivity contribution in [2.45, 2.75) is 45.4 Å². The van der Waals surface area contributed by atoms with Gasteiger partial charge in [-0.05, 0) is 19.4 Å². The molecule has 0 bridgehead atoms. The first-order valence-corrected chi connectivity index (χ1v) is 4.53. The molecular formula is C9H19NO. The molecular weight excluding hydrogens is 138 g/mol. The molecule has 0 aromatic heterocycles. The Balaban J connectivity index is 2.95. The summed E-state index contributed by atoms with van der Waals surface area (Å²) in [5.41, 5.74) is 5.33. The topological polar surface area (TPSA) is 43.1 Å². The predicted octanol–water partition coefficient (Wildman–Crippen LogP) is 1.87. The van der Waals surface area contributed by atoms with Crippen molar-refractivity contribution in [3.63, 3.8) is 0 Å². The van der Waals surface area contributed by atoms with Crippen molar-refractivity contribution in [3.05, 3.63) is 0 Å². The zero-order valence-electron chi connectivity index (χ0n) is 7.44. The molecule has 0 aromatic carbocycles. The highest BCUT2D eigenvalue weighted by Crippen LogP contribution is 2.03. The summed E-state index contributed by atoms with van der Waals surface area (Å²) in [6, 6.07) is 0. The Morgan fingerprint density at radius 2 is 1.82 bits per heavy atom. The second-order valence-corrected chi connectivity index (χ2v) is 2.85. The van der Waals surface area contributed by atoms with Crippen LogP contribution in [-0.2, 0) is 4.79 Å². The van der Waals surface area contributed by atoms with Gasteiger partial charge in [0.25, 0.3) is 0 Å². The molecule has 0 fully saturated rings. The van der Waals surface area contributed by atoms with Crippen molar-refractivity contribution >= 4 is 5.78 Å². The van der Waals surface area contributed by atoms with Gasteiger partial charge in [0, 0.05) is 12.8 Å². The molecule has 0 atom stereocenters. The minimum Gasteiger partial charge on any atom is -0.330 e. The first-order chi connectivity index (χ1) is 5.31. The predicted molar refractivity (Wildman–Crippen MR) is 47.4 cm³/mol. The van der Waals surface area contributed by atoms with Gasteiger partial charge in [0.05, 0.1) is 0 Å². The fraction of sp³-hybridized carbons (Fsp3) is 0.889. The first-order valence-electron chi connectivity index (χ1n) is 4.53. The average Bonchev–Trinajstić information content (AvgIpc) is 2.04. The van der Waals surface area contributed by atoms with Gasteiger partial charge in [-0.3, -0.25) is 4.79 Å². The highest BCUT2D eigenvalue weighted by atomic mass is 16.1. The van der Waals surface area contributed by atoms with Gasteiger partial charge in [0.1, 0.15) is 5.78 Å². The molecule has 0 saturated carbocycles. The molecule has 0 rings (SSSR count). The van der Waals surface area contributed by atoms with E-state index in [0.717, 1.165) is 32.2 Å². The number of hydrogen-bond acceptors (Lipinski definition) is 2. The summed E-state index contributed by atoms with van der Waals surface area (Å²) >= 11 is 0. The summed E-state index contributed by atoms with van der Waals surface area (Å²) in [5.74, 6) is 0.387. The van der Waals surface area contributed by atoms with Crippen LogP contribution in [0.2, 0.25) is 0 Å². The van der Waals surface area contributed by atoms with E-state index in [1.165, 1.54) is 6.42 Å². The molecule has 2 heteroatoms. The molecule has 66 valence electrons. The lowest BCUT2D eigenvalue weighted by Crippen LogP contribution is -1.98. The van der Waals surface area contributed by atoms with Crippen LogP contribution < -0.4 is 5.73 Å². The molecule has 0 radical (unpaired) electrons. The van der Waals surface area contributed by atoms with Gasteiger partial charge < -0.3 is 5.73 Å². The maximum Gasteiger partial charge on any atom is 0.132 e. The molecule has 2 nitrogen and oxygen atoms in total. The van der Waals surface area contributed by atoms with E-state index in [4.69, 9.17) is 5.73 Å². The van der Waals surface area contributed by atoms with Crippen molar-refractivity contribution in [2.75, 3.05) is 6.54 Å². The van der Waals surface area contributed by atoms with Gasteiger partial charge >= 0.3 is 0 Å². The third-order valence-electron chi connectivity index (χ3n) is 1.80. The SMILES string of the molecule is CCC(=O)CCCCCCN. The monoisotopic (exact) mass is 157 g/mol. The number of carbonyl (C=O) groups excluding carboxylic acids is 1. The van der Waals surface area contributed by atoms with Crippen LogP contribution in [0.25, 0.3) is 0 Å². The molecule has 0 heterocycles. The van der Waals surface area contributed by atoms with Gasteiger partial charge in [0.15, 0.2) is 0 Å². The quantitative estimate of drug-likeness (QED) is 0.573. The number of ketones is 1. The van der Waals surface area contributed by atoms with Crippen LogP contribution in [-0.4, -0.2) is 12.3 Å². The Morgan fingerprint density at radius 1 is 1.18 bits per heavy atom. The van der Waals surface area contributed by atoms with Crippen LogP contribution in [0.3, 0.4) is 0 Å². The smallest absolute Gasteiger partial charge is 0.132 e. The molecule has 0 spiro atoms. The Morgan fingerprint density at radius 3 is 2.36 bits per heavy atom. The van der Waals surface area contributed by atoms with Gasteiger partial charge in [-0.2, -0.15) is 0 Å². The first kappa shape index (κ1) is 10.6. The number of nitrogens with two attached hydrogens (primary N) is 1. The molecule has 0 aliphatic rings. The third kappa shape index (κ3) is 7.53.